The first-order valence-corrected chi connectivity index (χ1v) is 5.65. The monoisotopic (exact) mass is 178 g/mol. The molecule has 4 heteroatoms. The van der Waals surface area contributed by atoms with Gasteiger partial charge < -0.3 is 0 Å². The van der Waals surface area contributed by atoms with E-state index in [1.165, 1.54) is 0 Å². The summed E-state index contributed by atoms with van der Waals surface area (Å²) in [5, 5.41) is 0. The highest BCUT2D eigenvalue weighted by Gasteiger charge is 2.11. The van der Waals surface area contributed by atoms with Gasteiger partial charge in [-0.25, -0.2) is 0 Å². The van der Waals surface area contributed by atoms with Crippen LogP contribution in [0.2, 0.25) is 0 Å². The molecule has 0 aromatic heterocycles. The molecule has 0 N–H and O–H groups in total. The third-order valence-electron chi connectivity index (χ3n) is 1.80. The van der Waals surface area contributed by atoms with Crippen molar-refractivity contribution in [2.75, 3.05) is 12.4 Å². The number of rotatable bonds is 0. The smallest absolute Gasteiger partial charge is 0.267 e. The summed E-state index contributed by atoms with van der Waals surface area (Å²) in [7, 11) is -3.17. The van der Waals surface area contributed by atoms with Crippen LogP contribution >= 0.6 is 0 Å². The van der Waals surface area contributed by atoms with E-state index in [9.17, 15) is 8.42 Å². The van der Waals surface area contributed by atoms with Crippen molar-refractivity contribution in [1.82, 2.24) is 0 Å². The van der Waals surface area contributed by atoms with Crippen molar-refractivity contribution in [3.8, 4) is 0 Å². The van der Waals surface area contributed by atoms with Gasteiger partial charge in [0, 0.05) is 0 Å². The second-order valence-corrected chi connectivity index (χ2v) is 4.61. The lowest BCUT2D eigenvalue weighted by atomic mass is 10.2. The lowest BCUT2D eigenvalue weighted by Gasteiger charge is -2.00. The Bertz CT molecular complexity index is 180. The standard InChI is InChI=1S/C7H14O3S/c8-11(9)7-5-3-1-2-4-6-10-11/h1-7H2. The molecule has 0 aliphatic carbocycles. The van der Waals surface area contributed by atoms with Crippen LogP contribution in [0.25, 0.3) is 0 Å². The minimum atomic E-state index is -3.17. The second-order valence-electron chi connectivity index (χ2n) is 2.85. The van der Waals surface area contributed by atoms with Gasteiger partial charge in [-0.1, -0.05) is 19.3 Å². The molecule has 1 rings (SSSR count). The van der Waals surface area contributed by atoms with Gasteiger partial charge in [0.1, 0.15) is 0 Å². The molecule has 66 valence electrons. The largest absolute Gasteiger partial charge is 0.270 e. The molecule has 0 aromatic carbocycles. The summed E-state index contributed by atoms with van der Waals surface area (Å²) in [5.41, 5.74) is 0. The van der Waals surface area contributed by atoms with Crippen molar-refractivity contribution >= 4 is 10.1 Å². The van der Waals surface area contributed by atoms with E-state index in [4.69, 9.17) is 4.18 Å². The molecule has 0 bridgehead atoms. The Labute approximate surface area is 67.9 Å². The Balaban J connectivity index is 2.44. The van der Waals surface area contributed by atoms with Crippen molar-refractivity contribution < 1.29 is 12.6 Å². The fourth-order valence-electron chi connectivity index (χ4n) is 1.16. The summed E-state index contributed by atoms with van der Waals surface area (Å²) >= 11 is 0. The molecule has 0 radical (unpaired) electrons. The molecular weight excluding hydrogens is 164 g/mol. The third kappa shape index (κ3) is 3.72. The molecule has 1 aliphatic heterocycles. The zero-order chi connectivity index (χ0) is 8.16. The highest BCUT2D eigenvalue weighted by atomic mass is 32.2. The Morgan fingerprint density at radius 3 is 2.36 bits per heavy atom. The minimum absolute atomic E-state index is 0.201. The van der Waals surface area contributed by atoms with Crippen molar-refractivity contribution in [2.24, 2.45) is 0 Å². The molecule has 0 atom stereocenters. The normalized spacial score (nSPS) is 26.5. The predicted molar refractivity (Wildman–Crippen MR) is 42.8 cm³/mol. The van der Waals surface area contributed by atoms with Gasteiger partial charge in [0.05, 0.1) is 12.4 Å². The van der Waals surface area contributed by atoms with Crippen LogP contribution in [0, 0.1) is 0 Å². The average molecular weight is 178 g/mol. The van der Waals surface area contributed by atoms with E-state index < -0.39 is 10.1 Å². The minimum Gasteiger partial charge on any atom is -0.270 e. The van der Waals surface area contributed by atoms with Gasteiger partial charge in [0.2, 0.25) is 0 Å². The van der Waals surface area contributed by atoms with E-state index in [2.05, 4.69) is 0 Å². The van der Waals surface area contributed by atoms with Crippen LogP contribution in [0.3, 0.4) is 0 Å². The Hall–Kier alpha value is -0.0900. The molecule has 1 fully saturated rings. The van der Waals surface area contributed by atoms with Gasteiger partial charge >= 0.3 is 0 Å². The lowest BCUT2D eigenvalue weighted by molar-refractivity contribution is 0.311. The van der Waals surface area contributed by atoms with Crippen molar-refractivity contribution in [3.05, 3.63) is 0 Å². The van der Waals surface area contributed by atoms with Crippen LogP contribution in [-0.2, 0) is 14.3 Å². The van der Waals surface area contributed by atoms with Gasteiger partial charge in [-0.3, -0.25) is 4.18 Å². The maximum Gasteiger partial charge on any atom is 0.267 e. The van der Waals surface area contributed by atoms with Crippen LogP contribution in [0.5, 0.6) is 0 Å². The van der Waals surface area contributed by atoms with Crippen LogP contribution < -0.4 is 0 Å². The van der Waals surface area contributed by atoms with Crippen LogP contribution in [0.1, 0.15) is 32.1 Å². The quantitative estimate of drug-likeness (QED) is 0.525. The molecule has 11 heavy (non-hydrogen) atoms. The third-order valence-corrected chi connectivity index (χ3v) is 3.12. The molecule has 0 spiro atoms. The van der Waals surface area contributed by atoms with E-state index in [0.29, 0.717) is 6.61 Å². The van der Waals surface area contributed by atoms with Gasteiger partial charge in [0.15, 0.2) is 0 Å². The van der Waals surface area contributed by atoms with Gasteiger partial charge in [-0.05, 0) is 12.8 Å². The molecule has 0 unspecified atom stereocenters. The van der Waals surface area contributed by atoms with E-state index in [1.54, 1.807) is 0 Å². The van der Waals surface area contributed by atoms with Crippen molar-refractivity contribution in [1.29, 1.82) is 0 Å². The average Bonchev–Trinajstić information content (AvgIpc) is 2.00. The van der Waals surface area contributed by atoms with Gasteiger partial charge in [-0.2, -0.15) is 8.42 Å². The fraction of sp³-hybridized carbons (Fsp3) is 1.00. The van der Waals surface area contributed by atoms with Crippen LogP contribution in [-0.4, -0.2) is 20.8 Å². The van der Waals surface area contributed by atoms with Crippen LogP contribution in [0.4, 0.5) is 0 Å². The summed E-state index contributed by atoms with van der Waals surface area (Å²) in [4.78, 5) is 0. The molecule has 1 aliphatic rings. The Kier molecular flexibility index (Phi) is 3.33. The SMILES string of the molecule is O=S1(=O)CCCCCCCO1. The molecule has 1 saturated heterocycles. The van der Waals surface area contributed by atoms with Gasteiger partial charge in [0.25, 0.3) is 10.1 Å². The second kappa shape index (κ2) is 4.07. The molecule has 0 amide bonds. The molecule has 0 saturated carbocycles. The highest BCUT2D eigenvalue weighted by molar-refractivity contribution is 7.86. The topological polar surface area (TPSA) is 43.4 Å². The zero-order valence-corrected chi connectivity index (χ0v) is 7.40. The lowest BCUT2D eigenvalue weighted by Crippen LogP contribution is -2.10. The zero-order valence-electron chi connectivity index (χ0n) is 6.58. The fourth-order valence-corrected chi connectivity index (χ4v) is 2.20. The highest BCUT2D eigenvalue weighted by Crippen LogP contribution is 2.10. The number of hydrogen-bond donors (Lipinski definition) is 0. The first kappa shape index (κ1) is 9.00. The van der Waals surface area contributed by atoms with E-state index in [1.807, 2.05) is 0 Å². The first-order valence-electron chi connectivity index (χ1n) is 4.08. The molecule has 1 heterocycles. The van der Waals surface area contributed by atoms with E-state index in [0.717, 1.165) is 32.1 Å². The van der Waals surface area contributed by atoms with Crippen molar-refractivity contribution in [3.63, 3.8) is 0 Å². The maximum absolute atomic E-state index is 11.0. The predicted octanol–water partition coefficient (Wildman–Crippen LogP) is 1.30. The maximum atomic E-state index is 11.0. The number of hydrogen-bond acceptors (Lipinski definition) is 3. The Morgan fingerprint density at radius 2 is 1.55 bits per heavy atom. The van der Waals surface area contributed by atoms with E-state index in [-0.39, 0.29) is 5.75 Å². The van der Waals surface area contributed by atoms with Gasteiger partial charge in [-0.15, -0.1) is 0 Å². The molecule has 0 aromatic rings. The van der Waals surface area contributed by atoms with E-state index >= 15 is 0 Å². The summed E-state index contributed by atoms with van der Waals surface area (Å²) in [6.45, 7) is 0.377. The summed E-state index contributed by atoms with van der Waals surface area (Å²) < 4.78 is 26.6. The Morgan fingerprint density at radius 1 is 0.909 bits per heavy atom. The summed E-state index contributed by atoms with van der Waals surface area (Å²) in [5.74, 6) is 0.201. The van der Waals surface area contributed by atoms with Crippen molar-refractivity contribution in [2.45, 2.75) is 32.1 Å². The molecule has 3 nitrogen and oxygen atoms in total. The van der Waals surface area contributed by atoms with Crippen LogP contribution in [0.15, 0.2) is 0 Å². The molecular formula is C7H14O3S. The summed E-state index contributed by atoms with van der Waals surface area (Å²) in [6, 6.07) is 0. The first-order chi connectivity index (χ1) is 5.21. The summed E-state index contributed by atoms with van der Waals surface area (Å²) in [6.07, 6.45) is 4.87.